The zero-order valence-electron chi connectivity index (χ0n) is 13.4. The number of fused-ring (bicyclic) bond motifs is 1. The summed E-state index contributed by atoms with van der Waals surface area (Å²) >= 11 is 0. The number of aromatic nitrogens is 2. The molecule has 0 fully saturated rings. The molecule has 3 heteroatoms. The van der Waals surface area contributed by atoms with Crippen molar-refractivity contribution < 1.29 is 0 Å². The Labute approximate surface area is 122 Å². The standard InChI is InChI=1S/C17H27N3/c1-6-8-13(7-2)20-15-10-9-12(18)11-14(15)19-16(20)17(3,4)5/h9-11,13H,6-8,18H2,1-5H3. The number of nitrogens with zero attached hydrogens (tertiary/aromatic N) is 2. The summed E-state index contributed by atoms with van der Waals surface area (Å²) in [4.78, 5) is 4.88. The molecule has 0 saturated carbocycles. The van der Waals surface area contributed by atoms with Crippen LogP contribution in [0.15, 0.2) is 18.2 Å². The number of nitrogen functional groups attached to an aromatic ring is 1. The van der Waals surface area contributed by atoms with Crippen LogP contribution >= 0.6 is 0 Å². The summed E-state index contributed by atoms with van der Waals surface area (Å²) in [5.41, 5.74) is 8.96. The van der Waals surface area contributed by atoms with Crippen molar-refractivity contribution in [1.82, 2.24) is 9.55 Å². The van der Waals surface area contributed by atoms with Crippen molar-refractivity contribution in [3.05, 3.63) is 24.0 Å². The van der Waals surface area contributed by atoms with Gasteiger partial charge in [-0.05, 0) is 31.0 Å². The molecule has 110 valence electrons. The van der Waals surface area contributed by atoms with Crippen molar-refractivity contribution in [2.45, 2.75) is 65.3 Å². The smallest absolute Gasteiger partial charge is 0.115 e. The molecule has 0 aliphatic heterocycles. The fourth-order valence-corrected chi connectivity index (χ4v) is 2.86. The topological polar surface area (TPSA) is 43.8 Å². The predicted octanol–water partition coefficient (Wildman–Crippen LogP) is 4.67. The van der Waals surface area contributed by atoms with E-state index >= 15 is 0 Å². The van der Waals surface area contributed by atoms with Gasteiger partial charge in [-0.3, -0.25) is 0 Å². The van der Waals surface area contributed by atoms with E-state index in [-0.39, 0.29) is 5.41 Å². The average molecular weight is 273 g/mol. The molecule has 0 saturated heterocycles. The normalized spacial score (nSPS) is 13.8. The zero-order valence-corrected chi connectivity index (χ0v) is 13.4. The molecule has 2 rings (SSSR count). The molecule has 2 aromatic rings. The Morgan fingerprint density at radius 1 is 1.25 bits per heavy atom. The molecule has 1 aromatic heterocycles. The first-order valence-electron chi connectivity index (χ1n) is 7.66. The highest BCUT2D eigenvalue weighted by Crippen LogP contribution is 2.33. The van der Waals surface area contributed by atoms with E-state index in [2.05, 4.69) is 45.3 Å². The van der Waals surface area contributed by atoms with E-state index in [1.165, 1.54) is 24.2 Å². The first-order chi connectivity index (χ1) is 9.38. The number of nitrogens with two attached hydrogens (primary N) is 1. The quantitative estimate of drug-likeness (QED) is 0.823. The summed E-state index contributed by atoms with van der Waals surface area (Å²) < 4.78 is 2.44. The third-order valence-corrected chi connectivity index (χ3v) is 3.84. The molecular weight excluding hydrogens is 246 g/mol. The average Bonchev–Trinajstić information content (AvgIpc) is 2.74. The van der Waals surface area contributed by atoms with Gasteiger partial charge < -0.3 is 10.3 Å². The molecule has 0 spiro atoms. The van der Waals surface area contributed by atoms with Gasteiger partial charge in [0, 0.05) is 17.1 Å². The van der Waals surface area contributed by atoms with E-state index in [9.17, 15) is 0 Å². The number of benzene rings is 1. The Morgan fingerprint density at radius 3 is 2.50 bits per heavy atom. The molecule has 20 heavy (non-hydrogen) atoms. The van der Waals surface area contributed by atoms with Gasteiger partial charge in [-0.15, -0.1) is 0 Å². The number of hydrogen-bond donors (Lipinski definition) is 1. The van der Waals surface area contributed by atoms with E-state index in [1.54, 1.807) is 0 Å². The highest BCUT2D eigenvalue weighted by molar-refractivity contribution is 5.80. The van der Waals surface area contributed by atoms with Gasteiger partial charge in [-0.25, -0.2) is 4.98 Å². The minimum atomic E-state index is 0.0367. The van der Waals surface area contributed by atoms with Gasteiger partial charge in [0.05, 0.1) is 11.0 Å². The molecule has 0 aliphatic rings. The lowest BCUT2D eigenvalue weighted by Crippen LogP contribution is -2.22. The van der Waals surface area contributed by atoms with Crippen LogP contribution in [0.3, 0.4) is 0 Å². The van der Waals surface area contributed by atoms with Gasteiger partial charge in [-0.1, -0.05) is 41.0 Å². The third-order valence-electron chi connectivity index (χ3n) is 3.84. The number of imidazole rings is 1. The second kappa shape index (κ2) is 5.47. The molecule has 0 aliphatic carbocycles. The van der Waals surface area contributed by atoms with Crippen LogP contribution < -0.4 is 5.73 Å². The lowest BCUT2D eigenvalue weighted by atomic mass is 9.94. The Kier molecular flexibility index (Phi) is 4.07. The lowest BCUT2D eigenvalue weighted by Gasteiger charge is -2.26. The van der Waals surface area contributed by atoms with Crippen LogP contribution in [0.5, 0.6) is 0 Å². The Hall–Kier alpha value is -1.51. The van der Waals surface area contributed by atoms with Crippen LogP contribution in [-0.2, 0) is 5.41 Å². The van der Waals surface area contributed by atoms with Crippen LogP contribution in [0.1, 0.15) is 65.7 Å². The van der Waals surface area contributed by atoms with Gasteiger partial charge in [0.1, 0.15) is 5.82 Å². The predicted molar refractivity (Wildman–Crippen MR) is 87.1 cm³/mol. The Morgan fingerprint density at radius 2 is 1.95 bits per heavy atom. The number of rotatable bonds is 4. The second-order valence-corrected chi connectivity index (χ2v) is 6.65. The van der Waals surface area contributed by atoms with E-state index < -0.39 is 0 Å². The van der Waals surface area contributed by atoms with Crippen molar-refractivity contribution >= 4 is 16.7 Å². The molecular formula is C17H27N3. The van der Waals surface area contributed by atoms with Gasteiger partial charge in [-0.2, -0.15) is 0 Å². The van der Waals surface area contributed by atoms with Crippen LogP contribution in [0.2, 0.25) is 0 Å². The summed E-state index contributed by atoms with van der Waals surface area (Å²) in [5.74, 6) is 1.17. The highest BCUT2D eigenvalue weighted by Gasteiger charge is 2.26. The highest BCUT2D eigenvalue weighted by atomic mass is 15.1. The van der Waals surface area contributed by atoms with E-state index in [0.29, 0.717) is 6.04 Å². The molecule has 0 amide bonds. The van der Waals surface area contributed by atoms with Crippen molar-refractivity contribution in [1.29, 1.82) is 0 Å². The monoisotopic (exact) mass is 273 g/mol. The van der Waals surface area contributed by atoms with Crippen molar-refractivity contribution in [2.75, 3.05) is 5.73 Å². The van der Waals surface area contributed by atoms with Crippen molar-refractivity contribution in [2.24, 2.45) is 0 Å². The van der Waals surface area contributed by atoms with E-state index in [1.807, 2.05) is 12.1 Å². The Balaban J connectivity index is 2.70. The largest absolute Gasteiger partial charge is 0.399 e. The van der Waals surface area contributed by atoms with Gasteiger partial charge in [0.25, 0.3) is 0 Å². The van der Waals surface area contributed by atoms with Crippen LogP contribution in [0.25, 0.3) is 11.0 Å². The Bertz CT molecular complexity index is 590. The minimum absolute atomic E-state index is 0.0367. The zero-order chi connectivity index (χ0) is 14.9. The minimum Gasteiger partial charge on any atom is -0.399 e. The molecule has 1 heterocycles. The SMILES string of the molecule is CCCC(CC)n1c(C(C)(C)C)nc2cc(N)ccc21. The van der Waals surface area contributed by atoms with Crippen molar-refractivity contribution in [3.63, 3.8) is 0 Å². The maximum absolute atomic E-state index is 5.91. The molecule has 0 radical (unpaired) electrons. The van der Waals surface area contributed by atoms with E-state index in [4.69, 9.17) is 10.7 Å². The maximum atomic E-state index is 5.91. The third kappa shape index (κ3) is 2.67. The number of hydrogen-bond acceptors (Lipinski definition) is 2. The van der Waals surface area contributed by atoms with Crippen LogP contribution in [-0.4, -0.2) is 9.55 Å². The molecule has 1 atom stereocenters. The molecule has 3 nitrogen and oxygen atoms in total. The number of anilines is 1. The van der Waals surface area contributed by atoms with Crippen LogP contribution in [0, 0.1) is 0 Å². The molecule has 1 unspecified atom stereocenters. The second-order valence-electron chi connectivity index (χ2n) is 6.65. The maximum Gasteiger partial charge on any atom is 0.115 e. The summed E-state index contributed by atoms with van der Waals surface area (Å²) in [6.07, 6.45) is 3.51. The molecule has 1 aromatic carbocycles. The summed E-state index contributed by atoms with van der Waals surface area (Å²) in [6.45, 7) is 11.2. The lowest BCUT2D eigenvalue weighted by molar-refractivity contribution is 0.407. The first kappa shape index (κ1) is 14.9. The van der Waals surface area contributed by atoms with E-state index in [0.717, 1.165) is 17.6 Å². The molecule has 0 bridgehead atoms. The summed E-state index contributed by atoms with van der Waals surface area (Å²) in [6, 6.07) is 6.60. The fourth-order valence-electron chi connectivity index (χ4n) is 2.86. The van der Waals surface area contributed by atoms with Crippen molar-refractivity contribution in [3.8, 4) is 0 Å². The fraction of sp³-hybridized carbons (Fsp3) is 0.588. The molecule has 2 N–H and O–H groups in total. The van der Waals surface area contributed by atoms with Gasteiger partial charge in [0.2, 0.25) is 0 Å². The summed E-state index contributed by atoms with van der Waals surface area (Å²) in [7, 11) is 0. The summed E-state index contributed by atoms with van der Waals surface area (Å²) in [5, 5.41) is 0. The van der Waals surface area contributed by atoms with Crippen LogP contribution in [0.4, 0.5) is 5.69 Å². The first-order valence-corrected chi connectivity index (χ1v) is 7.66. The van der Waals surface area contributed by atoms with Gasteiger partial charge in [0.15, 0.2) is 0 Å². The van der Waals surface area contributed by atoms with Gasteiger partial charge >= 0.3 is 0 Å².